The summed E-state index contributed by atoms with van der Waals surface area (Å²) in [6.45, 7) is 6.90. The summed E-state index contributed by atoms with van der Waals surface area (Å²) in [5.41, 5.74) is 0. The van der Waals surface area contributed by atoms with Crippen LogP contribution in [0.4, 0.5) is 6.01 Å². The molecule has 0 aliphatic carbocycles. The Kier molecular flexibility index (Phi) is 2.94. The highest BCUT2D eigenvalue weighted by molar-refractivity contribution is 5.45. The van der Waals surface area contributed by atoms with E-state index in [4.69, 9.17) is 8.83 Å². The molecule has 86 valence electrons. The second-order valence-corrected chi connectivity index (χ2v) is 4.10. The van der Waals surface area contributed by atoms with Gasteiger partial charge in [0.05, 0.1) is 0 Å². The summed E-state index contributed by atoms with van der Waals surface area (Å²) in [4.78, 5) is 0. The van der Waals surface area contributed by atoms with Crippen LogP contribution in [0.2, 0.25) is 0 Å². The largest absolute Gasteiger partial charge is 0.456 e. The van der Waals surface area contributed by atoms with E-state index >= 15 is 0 Å². The van der Waals surface area contributed by atoms with Crippen LogP contribution < -0.4 is 5.32 Å². The first-order valence-corrected chi connectivity index (χ1v) is 5.29. The zero-order valence-corrected chi connectivity index (χ0v) is 9.65. The normalized spacial score (nSPS) is 11.0. The predicted octanol–water partition coefficient (Wildman–Crippen LogP) is 2.71. The second-order valence-electron chi connectivity index (χ2n) is 4.10. The minimum absolute atomic E-state index is 0.402. The van der Waals surface area contributed by atoms with Gasteiger partial charge in [-0.15, -0.1) is 5.10 Å². The lowest BCUT2D eigenvalue weighted by Crippen LogP contribution is -2.07. The fraction of sp³-hybridized carbons (Fsp3) is 0.455. The number of aryl methyl sites for hydroxylation is 1. The Bertz CT molecular complexity index is 459. The van der Waals surface area contributed by atoms with E-state index in [1.54, 1.807) is 0 Å². The highest BCUT2D eigenvalue weighted by atomic mass is 16.4. The maximum Gasteiger partial charge on any atom is 0.315 e. The molecule has 2 heterocycles. The van der Waals surface area contributed by atoms with Gasteiger partial charge >= 0.3 is 6.01 Å². The van der Waals surface area contributed by atoms with Crippen molar-refractivity contribution in [2.75, 3.05) is 11.9 Å². The maximum absolute atomic E-state index is 5.41. The second kappa shape index (κ2) is 4.38. The minimum Gasteiger partial charge on any atom is -0.456 e. The third-order valence-electron chi connectivity index (χ3n) is 2.04. The standard InChI is InChI=1S/C11H15N3O2/c1-7(2)6-12-11-14-13-10(16-11)9-5-4-8(3)15-9/h4-5,7H,6H2,1-3H3,(H,12,14). The Morgan fingerprint density at radius 2 is 2.06 bits per heavy atom. The van der Waals surface area contributed by atoms with Crippen LogP contribution >= 0.6 is 0 Å². The molecular formula is C11H15N3O2. The monoisotopic (exact) mass is 221 g/mol. The summed E-state index contributed by atoms with van der Waals surface area (Å²) in [5, 5.41) is 10.8. The SMILES string of the molecule is Cc1ccc(-c2nnc(NCC(C)C)o2)o1. The van der Waals surface area contributed by atoms with Crippen molar-refractivity contribution < 1.29 is 8.83 Å². The topological polar surface area (TPSA) is 64.1 Å². The minimum atomic E-state index is 0.402. The number of anilines is 1. The summed E-state index contributed by atoms with van der Waals surface area (Å²) in [6, 6.07) is 4.10. The van der Waals surface area contributed by atoms with Gasteiger partial charge in [0.15, 0.2) is 5.76 Å². The molecule has 0 aromatic carbocycles. The van der Waals surface area contributed by atoms with E-state index in [1.165, 1.54) is 0 Å². The molecular weight excluding hydrogens is 206 g/mol. The van der Waals surface area contributed by atoms with Gasteiger partial charge in [-0.2, -0.15) is 0 Å². The van der Waals surface area contributed by atoms with Gasteiger partial charge in [-0.05, 0) is 25.0 Å². The van der Waals surface area contributed by atoms with Crippen LogP contribution in [-0.4, -0.2) is 16.7 Å². The number of rotatable bonds is 4. The Morgan fingerprint density at radius 1 is 1.25 bits per heavy atom. The first-order valence-electron chi connectivity index (χ1n) is 5.29. The van der Waals surface area contributed by atoms with E-state index in [2.05, 4.69) is 29.4 Å². The van der Waals surface area contributed by atoms with Gasteiger partial charge in [-0.25, -0.2) is 0 Å². The molecule has 0 amide bonds. The predicted molar refractivity (Wildman–Crippen MR) is 60.1 cm³/mol. The van der Waals surface area contributed by atoms with Crippen molar-refractivity contribution in [1.29, 1.82) is 0 Å². The van der Waals surface area contributed by atoms with Gasteiger partial charge in [0.25, 0.3) is 5.89 Å². The molecule has 0 aliphatic heterocycles. The van der Waals surface area contributed by atoms with Crippen molar-refractivity contribution in [2.45, 2.75) is 20.8 Å². The number of hydrogen-bond donors (Lipinski definition) is 1. The van der Waals surface area contributed by atoms with Crippen LogP contribution in [0.3, 0.4) is 0 Å². The quantitative estimate of drug-likeness (QED) is 0.859. The molecule has 0 saturated heterocycles. The molecule has 0 atom stereocenters. The molecule has 0 spiro atoms. The first kappa shape index (κ1) is 10.7. The van der Waals surface area contributed by atoms with Crippen LogP contribution in [0.25, 0.3) is 11.7 Å². The molecule has 1 N–H and O–H groups in total. The van der Waals surface area contributed by atoms with Gasteiger partial charge in [-0.3, -0.25) is 0 Å². The van der Waals surface area contributed by atoms with Crippen LogP contribution in [0.5, 0.6) is 0 Å². The lowest BCUT2D eigenvalue weighted by Gasteiger charge is -2.02. The molecule has 2 aromatic heterocycles. The number of hydrogen-bond acceptors (Lipinski definition) is 5. The van der Waals surface area contributed by atoms with Crippen molar-refractivity contribution >= 4 is 6.01 Å². The van der Waals surface area contributed by atoms with Crippen LogP contribution in [0, 0.1) is 12.8 Å². The highest BCUT2D eigenvalue weighted by Crippen LogP contribution is 2.21. The van der Waals surface area contributed by atoms with E-state index in [0.29, 0.717) is 23.6 Å². The molecule has 5 heteroatoms. The molecule has 2 aromatic rings. The van der Waals surface area contributed by atoms with E-state index < -0.39 is 0 Å². The zero-order chi connectivity index (χ0) is 11.5. The number of nitrogens with zero attached hydrogens (tertiary/aromatic N) is 2. The molecule has 0 saturated carbocycles. The molecule has 0 fully saturated rings. The van der Waals surface area contributed by atoms with Crippen molar-refractivity contribution in [2.24, 2.45) is 5.92 Å². The van der Waals surface area contributed by atoms with Gasteiger partial charge < -0.3 is 14.2 Å². The fourth-order valence-electron chi connectivity index (χ4n) is 1.24. The molecule has 0 aliphatic rings. The fourth-order valence-corrected chi connectivity index (χ4v) is 1.24. The summed E-state index contributed by atoms with van der Waals surface area (Å²) in [7, 11) is 0. The lowest BCUT2D eigenvalue weighted by molar-refractivity contribution is 0.503. The maximum atomic E-state index is 5.41. The third kappa shape index (κ3) is 2.42. The number of aromatic nitrogens is 2. The van der Waals surface area contributed by atoms with Gasteiger partial charge in [0.1, 0.15) is 5.76 Å². The molecule has 16 heavy (non-hydrogen) atoms. The van der Waals surface area contributed by atoms with E-state index in [1.807, 2.05) is 19.1 Å². The van der Waals surface area contributed by atoms with Crippen LogP contribution in [0.1, 0.15) is 19.6 Å². The van der Waals surface area contributed by atoms with Crippen LogP contribution in [-0.2, 0) is 0 Å². The van der Waals surface area contributed by atoms with Crippen molar-refractivity contribution in [3.63, 3.8) is 0 Å². The highest BCUT2D eigenvalue weighted by Gasteiger charge is 2.11. The Balaban J connectivity index is 2.07. The molecule has 0 bridgehead atoms. The zero-order valence-electron chi connectivity index (χ0n) is 9.65. The average molecular weight is 221 g/mol. The Labute approximate surface area is 93.9 Å². The van der Waals surface area contributed by atoms with Crippen molar-refractivity contribution in [3.8, 4) is 11.7 Å². The molecule has 5 nitrogen and oxygen atoms in total. The van der Waals surface area contributed by atoms with E-state index in [0.717, 1.165) is 12.3 Å². The summed E-state index contributed by atoms with van der Waals surface area (Å²) < 4.78 is 10.8. The molecule has 0 unspecified atom stereocenters. The van der Waals surface area contributed by atoms with Crippen LogP contribution in [0.15, 0.2) is 21.0 Å². The Morgan fingerprint density at radius 3 is 2.69 bits per heavy atom. The van der Waals surface area contributed by atoms with E-state index in [9.17, 15) is 0 Å². The first-order chi connectivity index (χ1) is 7.65. The summed E-state index contributed by atoms with van der Waals surface area (Å²) in [5.74, 6) is 2.35. The summed E-state index contributed by atoms with van der Waals surface area (Å²) in [6.07, 6.45) is 0. The number of nitrogens with one attached hydrogen (secondary N) is 1. The van der Waals surface area contributed by atoms with Crippen molar-refractivity contribution in [3.05, 3.63) is 17.9 Å². The lowest BCUT2D eigenvalue weighted by atomic mass is 10.2. The third-order valence-corrected chi connectivity index (χ3v) is 2.04. The molecule has 0 radical (unpaired) electrons. The average Bonchev–Trinajstić information content (AvgIpc) is 2.83. The van der Waals surface area contributed by atoms with Gasteiger partial charge in [0.2, 0.25) is 0 Å². The smallest absolute Gasteiger partial charge is 0.315 e. The molecule has 2 rings (SSSR count). The van der Waals surface area contributed by atoms with E-state index in [-0.39, 0.29) is 0 Å². The Hall–Kier alpha value is -1.78. The van der Waals surface area contributed by atoms with Crippen molar-refractivity contribution in [1.82, 2.24) is 10.2 Å². The van der Waals surface area contributed by atoms with Gasteiger partial charge in [0, 0.05) is 6.54 Å². The number of furan rings is 1. The summed E-state index contributed by atoms with van der Waals surface area (Å²) >= 11 is 0. The van der Waals surface area contributed by atoms with Gasteiger partial charge in [-0.1, -0.05) is 18.9 Å².